The summed E-state index contributed by atoms with van der Waals surface area (Å²) in [6, 6.07) is 8.16. The van der Waals surface area contributed by atoms with E-state index in [1.54, 1.807) is 7.11 Å². The maximum Gasteiger partial charge on any atom is 0.230 e. The van der Waals surface area contributed by atoms with Crippen LogP contribution in [-0.4, -0.2) is 39.6 Å². The molecular formula is C22H32N4O2S. The molecule has 6 nitrogen and oxygen atoms in total. The van der Waals surface area contributed by atoms with Gasteiger partial charge in [0.2, 0.25) is 5.91 Å². The third kappa shape index (κ3) is 5.75. The number of hydrogen-bond donors (Lipinski definition) is 1. The smallest absolute Gasteiger partial charge is 0.230 e. The average Bonchev–Trinajstić information content (AvgIpc) is 3.15. The lowest BCUT2D eigenvalue weighted by Gasteiger charge is -2.29. The Morgan fingerprint density at radius 2 is 2.00 bits per heavy atom. The summed E-state index contributed by atoms with van der Waals surface area (Å²) in [6.07, 6.45) is 6.90. The van der Waals surface area contributed by atoms with Crippen LogP contribution in [0.1, 0.15) is 52.4 Å². The van der Waals surface area contributed by atoms with Gasteiger partial charge in [-0.15, -0.1) is 10.2 Å². The van der Waals surface area contributed by atoms with Gasteiger partial charge in [-0.2, -0.15) is 0 Å². The molecule has 0 radical (unpaired) electrons. The highest BCUT2D eigenvalue weighted by molar-refractivity contribution is 7.99. The van der Waals surface area contributed by atoms with Crippen LogP contribution in [0.4, 0.5) is 0 Å². The van der Waals surface area contributed by atoms with Gasteiger partial charge in [-0.1, -0.05) is 44.9 Å². The second-order valence-corrected chi connectivity index (χ2v) is 8.71. The third-order valence-electron chi connectivity index (χ3n) is 5.59. The number of aromatic nitrogens is 3. The van der Waals surface area contributed by atoms with Gasteiger partial charge in [-0.25, -0.2) is 0 Å². The molecule has 1 aliphatic rings. The Balaban J connectivity index is 1.67. The number of rotatable bonds is 9. The van der Waals surface area contributed by atoms with Gasteiger partial charge in [0.25, 0.3) is 0 Å². The summed E-state index contributed by atoms with van der Waals surface area (Å²) in [7, 11) is 1.66. The Labute approximate surface area is 177 Å². The number of thioether (sulfide) groups is 1. The number of nitrogens with one attached hydrogen (secondary N) is 1. The van der Waals surface area contributed by atoms with E-state index >= 15 is 0 Å². The third-order valence-corrected chi connectivity index (χ3v) is 6.56. The van der Waals surface area contributed by atoms with Gasteiger partial charge in [-0.05, 0) is 49.4 Å². The van der Waals surface area contributed by atoms with Crippen molar-refractivity contribution in [2.24, 2.45) is 5.92 Å². The van der Waals surface area contributed by atoms with Gasteiger partial charge >= 0.3 is 0 Å². The van der Waals surface area contributed by atoms with E-state index in [4.69, 9.17) is 4.74 Å². The minimum Gasteiger partial charge on any atom is -0.497 e. The predicted molar refractivity (Wildman–Crippen MR) is 117 cm³/mol. The summed E-state index contributed by atoms with van der Waals surface area (Å²) in [5, 5.41) is 12.8. The van der Waals surface area contributed by atoms with Crippen molar-refractivity contribution in [3.05, 3.63) is 24.3 Å². The summed E-state index contributed by atoms with van der Waals surface area (Å²) in [5.41, 5.74) is 1.00. The molecule has 158 valence electrons. The molecule has 1 amide bonds. The van der Waals surface area contributed by atoms with Crippen LogP contribution in [0.15, 0.2) is 29.4 Å². The van der Waals surface area contributed by atoms with E-state index in [1.165, 1.54) is 31.0 Å². The molecule has 0 spiro atoms. The van der Waals surface area contributed by atoms with E-state index in [2.05, 4.69) is 33.9 Å². The van der Waals surface area contributed by atoms with Gasteiger partial charge in [0.05, 0.1) is 12.9 Å². The zero-order valence-corrected chi connectivity index (χ0v) is 18.5. The van der Waals surface area contributed by atoms with Gasteiger partial charge in [0, 0.05) is 18.2 Å². The molecule has 1 aliphatic carbocycles. The molecule has 7 heteroatoms. The van der Waals surface area contributed by atoms with E-state index in [0.29, 0.717) is 17.7 Å². The number of ether oxygens (including phenoxy) is 1. The number of benzene rings is 1. The van der Waals surface area contributed by atoms with Crippen molar-refractivity contribution in [3.63, 3.8) is 0 Å². The van der Waals surface area contributed by atoms with E-state index in [1.807, 2.05) is 24.3 Å². The van der Waals surface area contributed by atoms with Crippen LogP contribution in [0.25, 0.3) is 11.4 Å². The maximum absolute atomic E-state index is 12.5. The van der Waals surface area contributed by atoms with Crippen LogP contribution < -0.4 is 10.1 Å². The van der Waals surface area contributed by atoms with Gasteiger partial charge in [0.1, 0.15) is 5.75 Å². The first-order valence-corrected chi connectivity index (χ1v) is 11.6. The lowest BCUT2D eigenvalue weighted by Crippen LogP contribution is -2.41. The molecule has 3 rings (SSSR count). The van der Waals surface area contributed by atoms with Crippen LogP contribution in [-0.2, 0) is 11.3 Å². The van der Waals surface area contributed by atoms with Crippen molar-refractivity contribution in [1.82, 2.24) is 20.1 Å². The number of amides is 1. The number of carbonyl (C=O) groups excluding carboxylic acids is 1. The molecule has 0 aliphatic heterocycles. The molecule has 1 aromatic carbocycles. The molecule has 29 heavy (non-hydrogen) atoms. The number of unbranched alkanes of at least 4 members (excludes halogenated alkanes) is 1. The van der Waals surface area contributed by atoms with Crippen molar-refractivity contribution in [2.45, 2.75) is 70.1 Å². The molecule has 2 atom stereocenters. The fraction of sp³-hybridized carbons (Fsp3) is 0.591. The normalized spacial score (nSPS) is 19.1. The quantitative estimate of drug-likeness (QED) is 0.608. The number of nitrogens with zero attached hydrogens (tertiary/aromatic N) is 3. The molecule has 2 aromatic rings. The molecule has 0 unspecified atom stereocenters. The average molecular weight is 417 g/mol. The Hall–Kier alpha value is -2.02. The van der Waals surface area contributed by atoms with Crippen molar-refractivity contribution in [2.75, 3.05) is 12.9 Å². The summed E-state index contributed by atoms with van der Waals surface area (Å²) in [4.78, 5) is 12.5. The monoisotopic (exact) mass is 416 g/mol. The van der Waals surface area contributed by atoms with E-state index in [0.717, 1.165) is 48.1 Å². The fourth-order valence-corrected chi connectivity index (χ4v) is 4.55. The van der Waals surface area contributed by atoms with Crippen LogP contribution >= 0.6 is 11.8 Å². The highest BCUT2D eigenvalue weighted by Crippen LogP contribution is 2.27. The van der Waals surface area contributed by atoms with Crippen molar-refractivity contribution in [3.8, 4) is 17.1 Å². The summed E-state index contributed by atoms with van der Waals surface area (Å²) in [5.74, 6) is 2.68. The summed E-state index contributed by atoms with van der Waals surface area (Å²) in [6.45, 7) is 5.25. The van der Waals surface area contributed by atoms with E-state index in [-0.39, 0.29) is 5.91 Å². The first-order valence-electron chi connectivity index (χ1n) is 10.6. The van der Waals surface area contributed by atoms with E-state index in [9.17, 15) is 4.79 Å². The Morgan fingerprint density at radius 1 is 1.24 bits per heavy atom. The SMILES string of the molecule is CCCCn1c(SCC(=O)N[C@H]2CCCC[C@H]2C)nnc1-c1ccc(OC)cc1. The van der Waals surface area contributed by atoms with Gasteiger partial charge < -0.3 is 14.6 Å². The standard InChI is InChI=1S/C22H32N4O2S/c1-4-5-14-26-21(17-10-12-18(28-3)13-11-17)24-25-22(26)29-15-20(27)23-19-9-7-6-8-16(19)2/h10-13,16,19H,4-9,14-15H2,1-3H3,(H,23,27)/t16-,19+/m1/s1. The zero-order valence-electron chi connectivity index (χ0n) is 17.7. The van der Waals surface area contributed by atoms with Gasteiger partial charge in [-0.3, -0.25) is 4.79 Å². The number of hydrogen-bond acceptors (Lipinski definition) is 5. The topological polar surface area (TPSA) is 69.0 Å². The number of methoxy groups -OCH3 is 1. The molecule has 0 bridgehead atoms. The molecule has 1 saturated carbocycles. The molecule has 1 aromatic heterocycles. The number of carbonyl (C=O) groups is 1. The fourth-order valence-electron chi connectivity index (χ4n) is 3.78. The highest BCUT2D eigenvalue weighted by Gasteiger charge is 2.23. The highest BCUT2D eigenvalue weighted by atomic mass is 32.2. The Morgan fingerprint density at radius 3 is 2.69 bits per heavy atom. The Bertz CT molecular complexity index is 791. The molecule has 1 N–H and O–H groups in total. The van der Waals surface area contributed by atoms with Crippen molar-refractivity contribution < 1.29 is 9.53 Å². The second kappa shape index (κ2) is 10.7. The first kappa shape index (κ1) is 21.7. The van der Waals surface area contributed by atoms with Crippen LogP contribution in [0.2, 0.25) is 0 Å². The molecule has 1 heterocycles. The van der Waals surface area contributed by atoms with Crippen LogP contribution in [0.5, 0.6) is 5.75 Å². The summed E-state index contributed by atoms with van der Waals surface area (Å²) < 4.78 is 7.38. The summed E-state index contributed by atoms with van der Waals surface area (Å²) >= 11 is 1.47. The van der Waals surface area contributed by atoms with Crippen molar-refractivity contribution >= 4 is 17.7 Å². The van der Waals surface area contributed by atoms with Crippen LogP contribution in [0, 0.1) is 5.92 Å². The van der Waals surface area contributed by atoms with Crippen molar-refractivity contribution in [1.29, 1.82) is 0 Å². The predicted octanol–water partition coefficient (Wildman–Crippen LogP) is 4.54. The van der Waals surface area contributed by atoms with Gasteiger partial charge in [0.15, 0.2) is 11.0 Å². The first-order chi connectivity index (χ1) is 14.1. The zero-order chi connectivity index (χ0) is 20.6. The Kier molecular flexibility index (Phi) is 7.98. The lowest BCUT2D eigenvalue weighted by molar-refractivity contribution is -0.119. The lowest BCUT2D eigenvalue weighted by atomic mass is 9.86. The molecular weight excluding hydrogens is 384 g/mol. The molecule has 0 saturated heterocycles. The second-order valence-electron chi connectivity index (χ2n) is 7.76. The minimum atomic E-state index is 0.0878. The maximum atomic E-state index is 12.5. The minimum absolute atomic E-state index is 0.0878. The van der Waals surface area contributed by atoms with Crippen LogP contribution in [0.3, 0.4) is 0 Å². The van der Waals surface area contributed by atoms with E-state index < -0.39 is 0 Å². The largest absolute Gasteiger partial charge is 0.497 e. The molecule has 1 fully saturated rings.